The van der Waals surface area contributed by atoms with Gasteiger partial charge in [-0.15, -0.1) is 0 Å². The maximum absolute atomic E-state index is 14.6. The minimum absolute atomic E-state index is 0.0284. The predicted molar refractivity (Wildman–Crippen MR) is 91.3 cm³/mol. The fraction of sp³-hybridized carbons (Fsp3) is 0.222. The normalized spacial score (nSPS) is 13.3. The Morgan fingerprint density at radius 1 is 0.962 bits per heavy atom. The number of ether oxygens (including phenoxy) is 4. The average molecular weight is 363 g/mol. The van der Waals surface area contributed by atoms with Crippen molar-refractivity contribution in [1.82, 2.24) is 0 Å². The van der Waals surface area contributed by atoms with Crippen LogP contribution < -0.4 is 14.4 Å². The Balaban J connectivity index is 2.75. The van der Waals surface area contributed by atoms with Gasteiger partial charge in [-0.2, -0.15) is 4.39 Å². The average Bonchev–Trinajstić information content (AvgIpc) is 2.89. The molecule has 0 aliphatic carbocycles. The maximum atomic E-state index is 14.6. The monoisotopic (exact) mass is 363 g/mol. The van der Waals surface area contributed by atoms with Gasteiger partial charge in [0.1, 0.15) is 5.70 Å². The van der Waals surface area contributed by atoms with Crippen LogP contribution >= 0.6 is 0 Å². The number of halogens is 1. The SMILES string of the molecule is COC(=O)C1=C(C(=O)OC)N(c2ccc(OC)c(F)c2OC)C=CC=C1. The Morgan fingerprint density at radius 2 is 1.65 bits per heavy atom. The van der Waals surface area contributed by atoms with E-state index in [4.69, 9.17) is 18.9 Å². The predicted octanol–water partition coefficient (Wildman–Crippen LogP) is 2.33. The lowest BCUT2D eigenvalue weighted by atomic mass is 10.1. The Bertz CT molecular complexity index is 812. The third-order valence-corrected chi connectivity index (χ3v) is 3.61. The first-order valence-electron chi connectivity index (χ1n) is 7.45. The van der Waals surface area contributed by atoms with Crippen molar-refractivity contribution in [3.63, 3.8) is 0 Å². The molecule has 2 rings (SSSR count). The van der Waals surface area contributed by atoms with E-state index < -0.39 is 17.8 Å². The number of rotatable bonds is 5. The number of nitrogens with zero attached hydrogens (tertiary/aromatic N) is 1. The van der Waals surface area contributed by atoms with Crippen molar-refractivity contribution in [2.75, 3.05) is 33.3 Å². The van der Waals surface area contributed by atoms with Gasteiger partial charge in [0.05, 0.1) is 39.7 Å². The summed E-state index contributed by atoms with van der Waals surface area (Å²) in [6.07, 6.45) is 5.99. The largest absolute Gasteiger partial charge is 0.494 e. The number of hydrogen-bond acceptors (Lipinski definition) is 7. The molecule has 0 aromatic heterocycles. The van der Waals surface area contributed by atoms with Gasteiger partial charge in [-0.05, 0) is 24.3 Å². The van der Waals surface area contributed by atoms with Crippen LogP contribution in [0.2, 0.25) is 0 Å². The molecule has 0 spiro atoms. The zero-order valence-corrected chi connectivity index (χ0v) is 14.7. The highest BCUT2D eigenvalue weighted by atomic mass is 19.1. The fourth-order valence-electron chi connectivity index (χ4n) is 2.42. The number of anilines is 1. The summed E-state index contributed by atoms with van der Waals surface area (Å²) in [6, 6.07) is 2.88. The minimum atomic E-state index is -0.806. The van der Waals surface area contributed by atoms with E-state index in [0.717, 1.165) is 0 Å². The van der Waals surface area contributed by atoms with E-state index >= 15 is 0 Å². The number of methoxy groups -OCH3 is 4. The highest BCUT2D eigenvalue weighted by Crippen LogP contribution is 2.39. The summed E-state index contributed by atoms with van der Waals surface area (Å²) in [7, 11) is 4.97. The van der Waals surface area contributed by atoms with Crippen LogP contribution in [-0.4, -0.2) is 40.4 Å². The van der Waals surface area contributed by atoms with Crippen molar-refractivity contribution in [2.45, 2.75) is 0 Å². The van der Waals surface area contributed by atoms with E-state index in [9.17, 15) is 14.0 Å². The molecule has 0 saturated heterocycles. The van der Waals surface area contributed by atoms with Crippen LogP contribution in [0, 0.1) is 5.82 Å². The third kappa shape index (κ3) is 3.39. The summed E-state index contributed by atoms with van der Waals surface area (Å²) in [6.45, 7) is 0. The molecular weight excluding hydrogens is 345 g/mol. The van der Waals surface area contributed by atoms with Crippen LogP contribution in [-0.2, 0) is 19.1 Å². The van der Waals surface area contributed by atoms with Gasteiger partial charge in [0.25, 0.3) is 0 Å². The van der Waals surface area contributed by atoms with Crippen LogP contribution in [0.4, 0.5) is 10.1 Å². The van der Waals surface area contributed by atoms with Crippen molar-refractivity contribution in [3.05, 3.63) is 53.6 Å². The van der Waals surface area contributed by atoms with Gasteiger partial charge < -0.3 is 23.8 Å². The molecule has 0 bridgehead atoms. The molecule has 26 heavy (non-hydrogen) atoms. The summed E-state index contributed by atoms with van der Waals surface area (Å²) in [4.78, 5) is 25.8. The Hall–Kier alpha value is -3.29. The molecule has 0 fully saturated rings. The topological polar surface area (TPSA) is 74.3 Å². The van der Waals surface area contributed by atoms with Crippen LogP contribution in [0.15, 0.2) is 47.8 Å². The molecule has 1 heterocycles. The molecule has 0 atom stereocenters. The number of carbonyl (C=O) groups is 2. The number of carbonyl (C=O) groups excluding carboxylic acids is 2. The van der Waals surface area contributed by atoms with Crippen LogP contribution in [0.3, 0.4) is 0 Å². The molecule has 138 valence electrons. The molecule has 1 aromatic rings. The van der Waals surface area contributed by atoms with Crippen LogP contribution in [0.1, 0.15) is 0 Å². The second kappa shape index (κ2) is 8.19. The van der Waals surface area contributed by atoms with Gasteiger partial charge in [0, 0.05) is 6.20 Å². The lowest BCUT2D eigenvalue weighted by molar-refractivity contribution is -0.139. The number of hydrogen-bond donors (Lipinski definition) is 0. The van der Waals surface area contributed by atoms with E-state index in [-0.39, 0.29) is 28.5 Å². The molecule has 1 aliphatic rings. The van der Waals surface area contributed by atoms with E-state index in [1.165, 1.54) is 57.7 Å². The highest BCUT2D eigenvalue weighted by molar-refractivity contribution is 6.05. The van der Waals surface area contributed by atoms with E-state index in [0.29, 0.717) is 0 Å². The molecule has 7 nitrogen and oxygen atoms in total. The summed E-state index contributed by atoms with van der Waals surface area (Å²) in [5.74, 6) is -2.49. The Labute approximate surface area is 149 Å². The second-order valence-electron chi connectivity index (χ2n) is 4.95. The first-order valence-corrected chi connectivity index (χ1v) is 7.45. The van der Waals surface area contributed by atoms with E-state index in [2.05, 4.69) is 0 Å². The Morgan fingerprint density at radius 3 is 2.23 bits per heavy atom. The molecule has 1 aliphatic heterocycles. The zero-order valence-electron chi connectivity index (χ0n) is 14.7. The lowest BCUT2D eigenvalue weighted by Gasteiger charge is -2.25. The summed E-state index contributed by atoms with van der Waals surface area (Å²) < 4.78 is 34.2. The van der Waals surface area contributed by atoms with Gasteiger partial charge in [-0.25, -0.2) is 9.59 Å². The smallest absolute Gasteiger partial charge is 0.355 e. The highest BCUT2D eigenvalue weighted by Gasteiger charge is 2.30. The molecular formula is C18H18FNO6. The number of allylic oxidation sites excluding steroid dienone is 2. The maximum Gasteiger partial charge on any atom is 0.355 e. The molecule has 0 radical (unpaired) electrons. The number of esters is 2. The number of benzene rings is 1. The first kappa shape index (κ1) is 19.0. The van der Waals surface area contributed by atoms with E-state index in [1.54, 1.807) is 12.2 Å². The Kier molecular flexibility index (Phi) is 6.00. The first-order chi connectivity index (χ1) is 12.5. The lowest BCUT2D eigenvalue weighted by Crippen LogP contribution is -2.27. The summed E-state index contributed by atoms with van der Waals surface area (Å²) >= 11 is 0. The van der Waals surface area contributed by atoms with Crippen molar-refractivity contribution in [1.29, 1.82) is 0 Å². The van der Waals surface area contributed by atoms with Crippen LogP contribution in [0.25, 0.3) is 0 Å². The van der Waals surface area contributed by atoms with Gasteiger partial charge in [0.2, 0.25) is 5.82 Å². The van der Waals surface area contributed by atoms with Gasteiger partial charge in [-0.1, -0.05) is 6.08 Å². The minimum Gasteiger partial charge on any atom is -0.494 e. The van der Waals surface area contributed by atoms with Gasteiger partial charge >= 0.3 is 11.9 Å². The molecule has 8 heteroatoms. The standard InChI is InChI=1S/C18H18FNO6/c1-23-13-9-8-12(16(24-2)14(13)19)20-10-6-5-7-11(17(21)25-3)15(20)18(22)26-4/h5-10H,1-4H3. The van der Waals surface area contributed by atoms with Crippen molar-refractivity contribution < 1.29 is 32.9 Å². The molecule has 1 aromatic carbocycles. The quantitative estimate of drug-likeness (QED) is 0.743. The fourth-order valence-corrected chi connectivity index (χ4v) is 2.42. The second-order valence-corrected chi connectivity index (χ2v) is 4.95. The van der Waals surface area contributed by atoms with Gasteiger partial charge in [-0.3, -0.25) is 0 Å². The van der Waals surface area contributed by atoms with Crippen LogP contribution in [0.5, 0.6) is 11.5 Å². The summed E-state index contributed by atoms with van der Waals surface area (Å²) in [5, 5.41) is 0. The van der Waals surface area contributed by atoms with Gasteiger partial charge in [0.15, 0.2) is 11.5 Å². The van der Waals surface area contributed by atoms with Crippen molar-refractivity contribution in [2.24, 2.45) is 0 Å². The van der Waals surface area contributed by atoms with Crippen molar-refractivity contribution >= 4 is 17.6 Å². The molecule has 0 saturated carbocycles. The van der Waals surface area contributed by atoms with Crippen molar-refractivity contribution in [3.8, 4) is 11.5 Å². The van der Waals surface area contributed by atoms with E-state index in [1.807, 2.05) is 0 Å². The molecule has 0 amide bonds. The third-order valence-electron chi connectivity index (χ3n) is 3.61. The zero-order chi connectivity index (χ0) is 19.3. The summed E-state index contributed by atoms with van der Waals surface area (Å²) in [5.41, 5.74) is -0.0256. The molecule has 0 unspecified atom stereocenters. The molecule has 0 N–H and O–H groups in total.